The SMILES string of the molecule is CCOCC(C)(O)CCN1C(=O)c2ccccc2C1=O. The van der Waals surface area contributed by atoms with Crippen molar-refractivity contribution in [3.63, 3.8) is 0 Å². The van der Waals surface area contributed by atoms with E-state index in [4.69, 9.17) is 4.74 Å². The number of aliphatic hydroxyl groups is 1. The summed E-state index contributed by atoms with van der Waals surface area (Å²) >= 11 is 0. The number of carbonyl (C=O) groups excluding carboxylic acids is 2. The van der Waals surface area contributed by atoms with Crippen LogP contribution < -0.4 is 0 Å². The summed E-state index contributed by atoms with van der Waals surface area (Å²) in [5.41, 5.74) is -0.186. The molecule has 108 valence electrons. The minimum Gasteiger partial charge on any atom is -0.388 e. The van der Waals surface area contributed by atoms with Crippen molar-refractivity contribution >= 4 is 11.8 Å². The molecule has 1 N–H and O–H groups in total. The molecule has 2 rings (SSSR count). The lowest BCUT2D eigenvalue weighted by Gasteiger charge is -2.25. The zero-order chi connectivity index (χ0) is 14.8. The molecule has 1 heterocycles. The van der Waals surface area contributed by atoms with Gasteiger partial charge in [0.1, 0.15) is 0 Å². The van der Waals surface area contributed by atoms with E-state index >= 15 is 0 Å². The number of nitrogens with zero attached hydrogens (tertiary/aromatic N) is 1. The van der Waals surface area contributed by atoms with Crippen LogP contribution in [0.3, 0.4) is 0 Å². The maximum atomic E-state index is 12.1. The lowest BCUT2D eigenvalue weighted by Crippen LogP contribution is -2.38. The maximum absolute atomic E-state index is 12.1. The summed E-state index contributed by atoms with van der Waals surface area (Å²) in [5, 5.41) is 10.1. The molecule has 0 fully saturated rings. The Morgan fingerprint density at radius 1 is 1.20 bits per heavy atom. The van der Waals surface area contributed by atoms with Crippen molar-refractivity contribution in [2.24, 2.45) is 0 Å². The van der Waals surface area contributed by atoms with Gasteiger partial charge in [0, 0.05) is 13.2 Å². The van der Waals surface area contributed by atoms with Crippen molar-refractivity contribution < 1.29 is 19.4 Å². The molecule has 0 aromatic heterocycles. The first kappa shape index (κ1) is 14.7. The van der Waals surface area contributed by atoms with Gasteiger partial charge in [0.05, 0.1) is 23.3 Å². The van der Waals surface area contributed by atoms with Crippen molar-refractivity contribution in [3.05, 3.63) is 35.4 Å². The van der Waals surface area contributed by atoms with Gasteiger partial charge in [-0.25, -0.2) is 0 Å². The molecule has 1 aromatic rings. The third-order valence-electron chi connectivity index (χ3n) is 3.37. The van der Waals surface area contributed by atoms with E-state index in [1.807, 2.05) is 6.92 Å². The van der Waals surface area contributed by atoms with E-state index in [1.165, 1.54) is 4.90 Å². The van der Waals surface area contributed by atoms with Crippen LogP contribution >= 0.6 is 0 Å². The van der Waals surface area contributed by atoms with E-state index < -0.39 is 5.60 Å². The van der Waals surface area contributed by atoms with Gasteiger partial charge >= 0.3 is 0 Å². The number of benzene rings is 1. The number of ether oxygens (including phenoxy) is 1. The molecule has 1 unspecified atom stereocenters. The first-order valence-corrected chi connectivity index (χ1v) is 6.71. The fourth-order valence-corrected chi connectivity index (χ4v) is 2.19. The lowest BCUT2D eigenvalue weighted by atomic mass is 10.0. The van der Waals surface area contributed by atoms with Crippen molar-refractivity contribution in [2.75, 3.05) is 19.8 Å². The molecule has 1 aromatic carbocycles. The third kappa shape index (κ3) is 2.89. The summed E-state index contributed by atoms with van der Waals surface area (Å²) in [6.45, 7) is 4.38. The van der Waals surface area contributed by atoms with Crippen LogP contribution in [0.4, 0.5) is 0 Å². The molecule has 0 saturated heterocycles. The van der Waals surface area contributed by atoms with Gasteiger partial charge in [0.15, 0.2) is 0 Å². The van der Waals surface area contributed by atoms with Crippen LogP contribution in [0.2, 0.25) is 0 Å². The van der Waals surface area contributed by atoms with Gasteiger partial charge < -0.3 is 9.84 Å². The molecule has 5 nitrogen and oxygen atoms in total. The van der Waals surface area contributed by atoms with Crippen molar-refractivity contribution in [2.45, 2.75) is 25.9 Å². The van der Waals surface area contributed by atoms with Crippen molar-refractivity contribution in [3.8, 4) is 0 Å². The molecule has 1 aliphatic rings. The predicted molar refractivity (Wildman–Crippen MR) is 73.5 cm³/mol. The largest absolute Gasteiger partial charge is 0.388 e. The summed E-state index contributed by atoms with van der Waals surface area (Å²) in [5.74, 6) is -0.587. The van der Waals surface area contributed by atoms with Gasteiger partial charge in [-0.1, -0.05) is 12.1 Å². The van der Waals surface area contributed by atoms with Crippen LogP contribution in [0.15, 0.2) is 24.3 Å². The molecule has 1 aliphatic heterocycles. The van der Waals surface area contributed by atoms with Gasteiger partial charge in [-0.05, 0) is 32.4 Å². The van der Waals surface area contributed by atoms with E-state index in [0.29, 0.717) is 24.2 Å². The number of amides is 2. The molecular formula is C15H19NO4. The van der Waals surface area contributed by atoms with E-state index in [0.717, 1.165) is 0 Å². The summed E-state index contributed by atoms with van der Waals surface area (Å²) in [7, 11) is 0. The van der Waals surface area contributed by atoms with E-state index in [1.54, 1.807) is 31.2 Å². The minimum absolute atomic E-state index is 0.187. The summed E-state index contributed by atoms with van der Waals surface area (Å²) in [6, 6.07) is 6.76. The molecular weight excluding hydrogens is 258 g/mol. The van der Waals surface area contributed by atoms with Gasteiger partial charge in [-0.15, -0.1) is 0 Å². The smallest absolute Gasteiger partial charge is 0.261 e. The molecule has 0 radical (unpaired) electrons. The molecule has 0 spiro atoms. The monoisotopic (exact) mass is 277 g/mol. The summed E-state index contributed by atoms with van der Waals surface area (Å²) in [6.07, 6.45) is 0.290. The second kappa shape index (κ2) is 5.73. The average Bonchev–Trinajstić information content (AvgIpc) is 2.67. The van der Waals surface area contributed by atoms with Crippen LogP contribution in [0.1, 0.15) is 41.0 Å². The van der Waals surface area contributed by atoms with Crippen LogP contribution in [0.25, 0.3) is 0 Å². The highest BCUT2D eigenvalue weighted by molar-refractivity contribution is 6.21. The predicted octanol–water partition coefficient (Wildman–Crippen LogP) is 1.46. The van der Waals surface area contributed by atoms with Crippen LogP contribution in [0, 0.1) is 0 Å². The number of rotatable bonds is 6. The quantitative estimate of drug-likeness (QED) is 0.799. The normalized spacial score (nSPS) is 17.2. The Labute approximate surface area is 118 Å². The fourth-order valence-electron chi connectivity index (χ4n) is 2.19. The average molecular weight is 277 g/mol. The van der Waals surface area contributed by atoms with Gasteiger partial charge in [0.2, 0.25) is 0 Å². The minimum atomic E-state index is -1.05. The zero-order valence-corrected chi connectivity index (χ0v) is 11.8. The maximum Gasteiger partial charge on any atom is 0.261 e. The van der Waals surface area contributed by atoms with Gasteiger partial charge in [0.25, 0.3) is 11.8 Å². The highest BCUT2D eigenvalue weighted by atomic mass is 16.5. The summed E-state index contributed by atoms with van der Waals surface area (Å²) in [4.78, 5) is 25.4. The Kier molecular flexibility index (Phi) is 4.20. The standard InChI is InChI=1S/C15H19NO4/c1-3-20-10-15(2,19)8-9-16-13(17)11-6-4-5-7-12(11)14(16)18/h4-7,19H,3,8-10H2,1-2H3. The second-order valence-electron chi connectivity index (χ2n) is 5.19. The third-order valence-corrected chi connectivity index (χ3v) is 3.37. The highest BCUT2D eigenvalue weighted by Gasteiger charge is 2.36. The summed E-state index contributed by atoms with van der Waals surface area (Å²) < 4.78 is 5.19. The Morgan fingerprint density at radius 2 is 1.75 bits per heavy atom. The van der Waals surface area contributed by atoms with E-state index in [-0.39, 0.29) is 25.0 Å². The lowest BCUT2D eigenvalue weighted by molar-refractivity contribution is -0.0381. The molecule has 0 saturated carbocycles. The van der Waals surface area contributed by atoms with Crippen LogP contribution in [-0.4, -0.2) is 47.2 Å². The first-order chi connectivity index (χ1) is 9.46. The first-order valence-electron chi connectivity index (χ1n) is 6.71. The Bertz CT molecular complexity index is 489. The zero-order valence-electron chi connectivity index (χ0n) is 11.8. The van der Waals surface area contributed by atoms with Crippen LogP contribution in [-0.2, 0) is 4.74 Å². The fraction of sp³-hybridized carbons (Fsp3) is 0.467. The number of hydrogen-bond acceptors (Lipinski definition) is 4. The van der Waals surface area contributed by atoms with Crippen LogP contribution in [0.5, 0.6) is 0 Å². The molecule has 20 heavy (non-hydrogen) atoms. The Balaban J connectivity index is 2.02. The Morgan fingerprint density at radius 3 is 2.25 bits per heavy atom. The Hall–Kier alpha value is -1.72. The molecule has 1 atom stereocenters. The molecule has 5 heteroatoms. The van der Waals surface area contributed by atoms with Gasteiger partial charge in [-0.2, -0.15) is 0 Å². The van der Waals surface area contributed by atoms with E-state index in [2.05, 4.69) is 0 Å². The highest BCUT2D eigenvalue weighted by Crippen LogP contribution is 2.23. The van der Waals surface area contributed by atoms with Crippen molar-refractivity contribution in [1.82, 2.24) is 4.90 Å². The molecule has 2 amide bonds. The van der Waals surface area contributed by atoms with E-state index in [9.17, 15) is 14.7 Å². The second-order valence-corrected chi connectivity index (χ2v) is 5.19. The van der Waals surface area contributed by atoms with Crippen molar-refractivity contribution in [1.29, 1.82) is 0 Å². The topological polar surface area (TPSA) is 66.8 Å². The molecule has 0 aliphatic carbocycles. The molecule has 0 bridgehead atoms. The number of imide groups is 1. The van der Waals surface area contributed by atoms with Gasteiger partial charge in [-0.3, -0.25) is 14.5 Å². The number of hydrogen-bond donors (Lipinski definition) is 1. The number of carbonyl (C=O) groups is 2. The number of fused-ring (bicyclic) bond motifs is 1.